The average molecular weight is 453 g/mol. The Labute approximate surface area is 199 Å². The van der Waals surface area contributed by atoms with E-state index >= 15 is 0 Å². The summed E-state index contributed by atoms with van der Waals surface area (Å²) >= 11 is 0. The highest BCUT2D eigenvalue weighted by molar-refractivity contribution is 5.98. The lowest BCUT2D eigenvalue weighted by atomic mass is 9.95. The van der Waals surface area contributed by atoms with Gasteiger partial charge in [0.25, 0.3) is 5.91 Å². The Morgan fingerprint density at radius 3 is 2.38 bits per heavy atom. The number of anilines is 1. The van der Waals surface area contributed by atoms with E-state index in [0.29, 0.717) is 25.1 Å². The lowest BCUT2D eigenvalue weighted by Gasteiger charge is -2.26. The second-order valence-corrected chi connectivity index (χ2v) is 9.88. The summed E-state index contributed by atoms with van der Waals surface area (Å²) in [6, 6.07) is 23.6. The van der Waals surface area contributed by atoms with Crippen LogP contribution in [0.2, 0.25) is 0 Å². The van der Waals surface area contributed by atoms with Crippen LogP contribution >= 0.6 is 0 Å². The molecule has 1 aliphatic heterocycles. The zero-order chi connectivity index (χ0) is 23.9. The van der Waals surface area contributed by atoms with E-state index in [1.165, 1.54) is 0 Å². The van der Waals surface area contributed by atoms with Gasteiger partial charge in [-0.15, -0.1) is 0 Å². The van der Waals surface area contributed by atoms with Gasteiger partial charge in [0.1, 0.15) is 11.5 Å². The minimum Gasteiger partial charge on any atom is -0.461 e. The van der Waals surface area contributed by atoms with Crippen LogP contribution in [0, 0.1) is 5.41 Å². The Balaban J connectivity index is 1.31. The molecule has 0 atom stereocenters. The van der Waals surface area contributed by atoms with Crippen LogP contribution in [-0.2, 0) is 17.8 Å². The van der Waals surface area contributed by atoms with Gasteiger partial charge >= 0.3 is 0 Å². The van der Waals surface area contributed by atoms with Gasteiger partial charge in [-0.05, 0) is 53.2 Å². The van der Waals surface area contributed by atoms with Gasteiger partial charge in [0.15, 0.2) is 0 Å². The predicted molar refractivity (Wildman–Crippen MR) is 135 cm³/mol. The molecule has 0 spiro atoms. The van der Waals surface area contributed by atoms with Gasteiger partial charge in [0.05, 0.1) is 0 Å². The normalized spacial score (nSPS) is 13.6. The van der Waals surface area contributed by atoms with E-state index in [-0.39, 0.29) is 11.8 Å². The first kappa shape index (κ1) is 22.0. The van der Waals surface area contributed by atoms with Crippen LogP contribution in [-0.4, -0.2) is 23.3 Å². The van der Waals surface area contributed by atoms with Crippen molar-refractivity contribution in [1.82, 2.24) is 4.90 Å². The SMILES string of the molecule is CC(C)(C)C(=O)Nc1ccc(-c2cc3c(o2)CCN(C(=O)c2ccc4ccccc4c2)C3)cc1. The molecule has 1 N–H and O–H groups in total. The molecule has 0 unspecified atom stereocenters. The Morgan fingerprint density at radius 1 is 0.912 bits per heavy atom. The second kappa shape index (κ2) is 8.49. The van der Waals surface area contributed by atoms with Crippen molar-refractivity contribution < 1.29 is 14.0 Å². The minimum atomic E-state index is -0.450. The van der Waals surface area contributed by atoms with Crippen molar-refractivity contribution in [3.8, 4) is 11.3 Å². The molecule has 5 nitrogen and oxygen atoms in total. The standard InChI is InChI=1S/C29H28N2O3/c1-29(2,3)28(33)30-24-12-10-20(11-13-24)26-17-23-18-31(15-14-25(23)34-26)27(32)22-9-8-19-6-4-5-7-21(19)16-22/h4-13,16-17H,14-15,18H2,1-3H3,(H,30,33). The fourth-order valence-electron chi connectivity index (χ4n) is 4.19. The van der Waals surface area contributed by atoms with E-state index in [4.69, 9.17) is 4.42 Å². The molecule has 172 valence electrons. The number of amides is 2. The summed E-state index contributed by atoms with van der Waals surface area (Å²) in [5, 5.41) is 5.14. The molecule has 0 bridgehead atoms. The summed E-state index contributed by atoms with van der Waals surface area (Å²) in [7, 11) is 0. The van der Waals surface area contributed by atoms with Crippen LogP contribution in [0.3, 0.4) is 0 Å². The van der Waals surface area contributed by atoms with Crippen molar-refractivity contribution >= 4 is 28.3 Å². The number of rotatable bonds is 3. The average Bonchev–Trinajstić information content (AvgIpc) is 3.26. The Morgan fingerprint density at radius 2 is 1.65 bits per heavy atom. The summed E-state index contributed by atoms with van der Waals surface area (Å²) in [6.45, 7) is 6.82. The first-order chi connectivity index (χ1) is 16.3. The Kier molecular flexibility index (Phi) is 5.48. The summed E-state index contributed by atoms with van der Waals surface area (Å²) in [4.78, 5) is 27.3. The predicted octanol–water partition coefficient (Wildman–Crippen LogP) is 6.28. The maximum atomic E-state index is 13.2. The molecule has 2 amide bonds. The quantitative estimate of drug-likeness (QED) is 0.398. The molecule has 3 aromatic carbocycles. The molecular formula is C29H28N2O3. The largest absolute Gasteiger partial charge is 0.461 e. The number of hydrogen-bond donors (Lipinski definition) is 1. The van der Waals surface area contributed by atoms with Crippen LogP contribution < -0.4 is 5.32 Å². The molecule has 0 fully saturated rings. The zero-order valence-corrected chi connectivity index (χ0v) is 19.7. The molecular weight excluding hydrogens is 424 g/mol. The van der Waals surface area contributed by atoms with Crippen LogP contribution in [0.4, 0.5) is 5.69 Å². The first-order valence-electron chi connectivity index (χ1n) is 11.6. The van der Waals surface area contributed by atoms with E-state index in [0.717, 1.165) is 39.1 Å². The highest BCUT2D eigenvalue weighted by Crippen LogP contribution is 2.31. The number of carbonyl (C=O) groups is 2. The van der Waals surface area contributed by atoms with Crippen molar-refractivity contribution in [2.45, 2.75) is 33.7 Å². The van der Waals surface area contributed by atoms with Crippen molar-refractivity contribution in [1.29, 1.82) is 0 Å². The molecule has 1 aromatic heterocycles. The van der Waals surface area contributed by atoms with Gasteiger partial charge in [-0.3, -0.25) is 9.59 Å². The van der Waals surface area contributed by atoms with Crippen molar-refractivity contribution in [3.63, 3.8) is 0 Å². The number of nitrogens with one attached hydrogen (secondary N) is 1. The van der Waals surface area contributed by atoms with E-state index in [1.54, 1.807) is 0 Å². The third-order valence-electron chi connectivity index (χ3n) is 6.26. The molecule has 0 saturated carbocycles. The number of furan rings is 1. The van der Waals surface area contributed by atoms with Gasteiger partial charge in [0.2, 0.25) is 5.91 Å². The lowest BCUT2D eigenvalue weighted by molar-refractivity contribution is -0.123. The van der Waals surface area contributed by atoms with Crippen LogP contribution in [0.5, 0.6) is 0 Å². The van der Waals surface area contributed by atoms with E-state index in [1.807, 2.05) is 92.4 Å². The summed E-state index contributed by atoms with van der Waals surface area (Å²) < 4.78 is 6.13. The van der Waals surface area contributed by atoms with Gasteiger partial charge in [-0.1, -0.05) is 51.1 Å². The van der Waals surface area contributed by atoms with Gasteiger partial charge in [0, 0.05) is 47.3 Å². The number of carbonyl (C=O) groups excluding carboxylic acids is 2. The minimum absolute atomic E-state index is 0.0233. The summed E-state index contributed by atoms with van der Waals surface area (Å²) in [5.74, 6) is 1.73. The molecule has 34 heavy (non-hydrogen) atoms. The molecule has 1 aliphatic rings. The third kappa shape index (κ3) is 4.34. The smallest absolute Gasteiger partial charge is 0.254 e. The van der Waals surface area contributed by atoms with Crippen LogP contribution in [0.25, 0.3) is 22.1 Å². The maximum absolute atomic E-state index is 13.2. The number of fused-ring (bicyclic) bond motifs is 2. The number of hydrogen-bond acceptors (Lipinski definition) is 3. The monoisotopic (exact) mass is 452 g/mol. The highest BCUT2D eigenvalue weighted by Gasteiger charge is 2.26. The van der Waals surface area contributed by atoms with E-state index in [2.05, 4.69) is 11.4 Å². The molecule has 0 radical (unpaired) electrons. The Hall–Kier alpha value is -3.86. The van der Waals surface area contributed by atoms with Gasteiger partial charge < -0.3 is 14.6 Å². The zero-order valence-electron chi connectivity index (χ0n) is 19.7. The second-order valence-electron chi connectivity index (χ2n) is 9.88. The van der Waals surface area contributed by atoms with Crippen LogP contribution in [0.15, 0.2) is 77.2 Å². The van der Waals surface area contributed by atoms with Crippen molar-refractivity contribution in [3.05, 3.63) is 89.7 Å². The van der Waals surface area contributed by atoms with E-state index in [9.17, 15) is 9.59 Å². The summed E-state index contributed by atoms with van der Waals surface area (Å²) in [6.07, 6.45) is 0.689. The number of nitrogens with zero attached hydrogens (tertiary/aromatic N) is 1. The van der Waals surface area contributed by atoms with Crippen molar-refractivity contribution in [2.75, 3.05) is 11.9 Å². The number of benzene rings is 3. The fraction of sp³-hybridized carbons (Fsp3) is 0.241. The Bertz CT molecular complexity index is 1380. The molecule has 5 rings (SSSR count). The third-order valence-corrected chi connectivity index (χ3v) is 6.26. The van der Waals surface area contributed by atoms with E-state index < -0.39 is 5.41 Å². The topological polar surface area (TPSA) is 62.6 Å². The fourth-order valence-corrected chi connectivity index (χ4v) is 4.19. The highest BCUT2D eigenvalue weighted by atomic mass is 16.3. The van der Waals surface area contributed by atoms with Gasteiger partial charge in [-0.25, -0.2) is 0 Å². The molecule has 5 heteroatoms. The molecule has 2 heterocycles. The lowest BCUT2D eigenvalue weighted by Crippen LogP contribution is -2.35. The maximum Gasteiger partial charge on any atom is 0.254 e. The van der Waals surface area contributed by atoms with Crippen molar-refractivity contribution in [2.24, 2.45) is 5.41 Å². The molecule has 4 aromatic rings. The van der Waals surface area contributed by atoms with Crippen LogP contribution in [0.1, 0.15) is 42.5 Å². The molecule has 0 aliphatic carbocycles. The molecule has 0 saturated heterocycles. The van der Waals surface area contributed by atoms with Gasteiger partial charge in [-0.2, -0.15) is 0 Å². The summed E-state index contributed by atoms with van der Waals surface area (Å²) in [5.41, 5.74) is 3.00. The first-order valence-corrected chi connectivity index (χ1v) is 11.6.